The quantitative estimate of drug-likeness (QED) is 0.473. The van der Waals surface area contributed by atoms with Crippen LogP contribution in [0.15, 0.2) is 30.3 Å². The van der Waals surface area contributed by atoms with Crippen LogP contribution in [0.1, 0.15) is 43.3 Å². The largest absolute Gasteiger partial charge is 0.461 e. The van der Waals surface area contributed by atoms with Crippen molar-refractivity contribution in [3.05, 3.63) is 52.8 Å². The molecule has 1 aliphatic heterocycles. The second-order valence-electron chi connectivity index (χ2n) is 5.59. The van der Waals surface area contributed by atoms with Crippen LogP contribution in [0.3, 0.4) is 0 Å². The van der Waals surface area contributed by atoms with E-state index in [1.54, 1.807) is 44.3 Å². The molecule has 0 N–H and O–H groups in total. The maximum atomic E-state index is 12.2. The van der Waals surface area contributed by atoms with Crippen molar-refractivity contribution in [3.8, 4) is 0 Å². The molecule has 1 aromatic heterocycles. The monoisotopic (exact) mass is 327 g/mol. The second kappa shape index (κ2) is 6.27. The van der Waals surface area contributed by atoms with E-state index >= 15 is 0 Å². The van der Waals surface area contributed by atoms with Gasteiger partial charge in [0.2, 0.25) is 0 Å². The third-order valence-corrected chi connectivity index (χ3v) is 3.85. The summed E-state index contributed by atoms with van der Waals surface area (Å²) >= 11 is 0. The normalized spacial score (nSPS) is 13.3. The Morgan fingerprint density at radius 3 is 2.33 bits per heavy atom. The Morgan fingerprint density at radius 1 is 1.17 bits per heavy atom. The van der Waals surface area contributed by atoms with Crippen molar-refractivity contribution in [2.75, 3.05) is 13.2 Å². The van der Waals surface area contributed by atoms with E-state index in [2.05, 4.69) is 5.10 Å². The van der Waals surface area contributed by atoms with Crippen LogP contribution in [-0.4, -0.2) is 45.6 Å². The van der Waals surface area contributed by atoms with E-state index in [0.29, 0.717) is 23.2 Å². The molecule has 0 unspecified atom stereocenters. The third-order valence-electron chi connectivity index (χ3n) is 3.85. The Balaban J connectivity index is 1.53. The van der Waals surface area contributed by atoms with Crippen molar-refractivity contribution >= 4 is 17.8 Å². The molecule has 24 heavy (non-hydrogen) atoms. The Kier molecular flexibility index (Phi) is 4.16. The second-order valence-corrected chi connectivity index (χ2v) is 5.59. The molecule has 0 bridgehead atoms. The summed E-state index contributed by atoms with van der Waals surface area (Å²) in [6.45, 7) is 2.12. The van der Waals surface area contributed by atoms with Crippen LogP contribution in [0.4, 0.5) is 0 Å². The fourth-order valence-electron chi connectivity index (χ4n) is 2.71. The van der Waals surface area contributed by atoms with Gasteiger partial charge in [-0.15, -0.1) is 0 Å². The highest BCUT2D eigenvalue weighted by Gasteiger charge is 2.34. The van der Waals surface area contributed by atoms with Gasteiger partial charge >= 0.3 is 5.97 Å². The first kappa shape index (κ1) is 15.9. The molecule has 0 saturated carbocycles. The number of aryl methyl sites for hydroxylation is 2. The number of benzene rings is 1. The summed E-state index contributed by atoms with van der Waals surface area (Å²) in [5, 5.41) is 4.08. The molecule has 0 spiro atoms. The molecular formula is C17H17N3O4. The molecule has 2 amide bonds. The van der Waals surface area contributed by atoms with E-state index in [1.165, 1.54) is 9.58 Å². The maximum Gasteiger partial charge on any atom is 0.356 e. The first-order valence-corrected chi connectivity index (χ1v) is 7.62. The van der Waals surface area contributed by atoms with Crippen LogP contribution in [0.5, 0.6) is 0 Å². The SMILES string of the molecule is Cc1cc(C(=O)OCCCN2C(=O)c3ccccc3C2=O)n(C)n1. The summed E-state index contributed by atoms with van der Waals surface area (Å²) in [6, 6.07) is 8.38. The number of aromatic nitrogens is 2. The summed E-state index contributed by atoms with van der Waals surface area (Å²) < 4.78 is 6.64. The molecule has 124 valence electrons. The van der Waals surface area contributed by atoms with E-state index in [1.807, 2.05) is 0 Å². The zero-order valence-corrected chi connectivity index (χ0v) is 13.5. The van der Waals surface area contributed by atoms with Crippen LogP contribution in [0, 0.1) is 6.92 Å². The first-order chi connectivity index (χ1) is 11.5. The van der Waals surface area contributed by atoms with Crippen molar-refractivity contribution in [2.45, 2.75) is 13.3 Å². The predicted octanol–water partition coefficient (Wildman–Crippen LogP) is 1.57. The lowest BCUT2D eigenvalue weighted by Gasteiger charge is -2.13. The highest BCUT2D eigenvalue weighted by atomic mass is 16.5. The van der Waals surface area contributed by atoms with Gasteiger partial charge in [0.05, 0.1) is 23.4 Å². The van der Waals surface area contributed by atoms with Crippen LogP contribution >= 0.6 is 0 Å². The molecule has 1 aliphatic rings. The number of carbonyl (C=O) groups is 3. The van der Waals surface area contributed by atoms with Crippen LogP contribution < -0.4 is 0 Å². The summed E-state index contributed by atoms with van der Waals surface area (Å²) in [4.78, 5) is 37.5. The van der Waals surface area contributed by atoms with Gasteiger partial charge in [0.15, 0.2) is 0 Å². The van der Waals surface area contributed by atoms with Gasteiger partial charge in [-0.3, -0.25) is 19.2 Å². The van der Waals surface area contributed by atoms with E-state index in [-0.39, 0.29) is 25.0 Å². The van der Waals surface area contributed by atoms with Crippen molar-refractivity contribution in [2.24, 2.45) is 7.05 Å². The standard InChI is InChI=1S/C17H17N3O4/c1-11-10-14(19(2)18-11)17(23)24-9-5-8-20-15(21)12-6-3-4-7-13(12)16(20)22/h3-4,6-7,10H,5,8-9H2,1-2H3. The Morgan fingerprint density at radius 2 is 1.79 bits per heavy atom. The van der Waals surface area contributed by atoms with Gasteiger partial charge in [-0.05, 0) is 31.5 Å². The third kappa shape index (κ3) is 2.80. The maximum absolute atomic E-state index is 12.2. The smallest absolute Gasteiger partial charge is 0.356 e. The number of fused-ring (bicyclic) bond motifs is 1. The van der Waals surface area contributed by atoms with Crippen LogP contribution in [-0.2, 0) is 11.8 Å². The number of carbonyl (C=O) groups excluding carboxylic acids is 3. The first-order valence-electron chi connectivity index (χ1n) is 7.62. The van der Waals surface area contributed by atoms with Gasteiger partial charge in [-0.2, -0.15) is 5.10 Å². The van der Waals surface area contributed by atoms with E-state index in [0.717, 1.165) is 5.69 Å². The average Bonchev–Trinajstić information content (AvgIpc) is 3.02. The van der Waals surface area contributed by atoms with Crippen molar-refractivity contribution in [3.63, 3.8) is 0 Å². The molecule has 7 nitrogen and oxygen atoms in total. The minimum atomic E-state index is -0.472. The average molecular weight is 327 g/mol. The summed E-state index contributed by atoms with van der Waals surface area (Å²) in [5.74, 6) is -1.08. The van der Waals surface area contributed by atoms with E-state index in [4.69, 9.17) is 4.74 Å². The molecule has 0 radical (unpaired) electrons. The predicted molar refractivity (Wildman–Crippen MR) is 84.7 cm³/mol. The Hall–Kier alpha value is -2.96. The van der Waals surface area contributed by atoms with Crippen molar-refractivity contribution < 1.29 is 19.1 Å². The number of ether oxygens (including phenoxy) is 1. The molecule has 7 heteroatoms. The highest BCUT2D eigenvalue weighted by molar-refractivity contribution is 6.21. The van der Waals surface area contributed by atoms with Crippen molar-refractivity contribution in [1.29, 1.82) is 0 Å². The van der Waals surface area contributed by atoms with Gasteiger partial charge in [0.1, 0.15) is 5.69 Å². The molecule has 2 heterocycles. The zero-order chi connectivity index (χ0) is 17.3. The summed E-state index contributed by atoms with van der Waals surface area (Å²) in [7, 11) is 1.67. The molecule has 0 fully saturated rings. The molecular weight excluding hydrogens is 310 g/mol. The lowest BCUT2D eigenvalue weighted by Crippen LogP contribution is -2.31. The highest BCUT2D eigenvalue weighted by Crippen LogP contribution is 2.22. The lowest BCUT2D eigenvalue weighted by atomic mass is 10.1. The number of imide groups is 1. The number of esters is 1. The molecule has 2 aromatic rings. The van der Waals surface area contributed by atoms with Crippen molar-refractivity contribution in [1.82, 2.24) is 14.7 Å². The Bertz CT molecular complexity index is 790. The van der Waals surface area contributed by atoms with E-state index < -0.39 is 5.97 Å². The van der Waals surface area contributed by atoms with Gasteiger partial charge in [0, 0.05) is 13.6 Å². The van der Waals surface area contributed by atoms with Crippen LogP contribution in [0.25, 0.3) is 0 Å². The minimum Gasteiger partial charge on any atom is -0.461 e. The number of nitrogens with zero attached hydrogens (tertiary/aromatic N) is 3. The topological polar surface area (TPSA) is 81.5 Å². The fraction of sp³-hybridized carbons (Fsp3) is 0.294. The number of hydrogen-bond donors (Lipinski definition) is 0. The van der Waals surface area contributed by atoms with Crippen LogP contribution in [0.2, 0.25) is 0 Å². The fourth-order valence-corrected chi connectivity index (χ4v) is 2.71. The lowest BCUT2D eigenvalue weighted by molar-refractivity contribution is 0.0471. The van der Waals surface area contributed by atoms with Gasteiger partial charge < -0.3 is 4.74 Å². The van der Waals surface area contributed by atoms with Gasteiger partial charge in [-0.1, -0.05) is 12.1 Å². The molecule has 1 aromatic carbocycles. The number of hydrogen-bond acceptors (Lipinski definition) is 5. The molecule has 0 atom stereocenters. The number of rotatable bonds is 5. The molecule has 0 saturated heterocycles. The summed E-state index contributed by atoms with van der Waals surface area (Å²) in [5.41, 5.74) is 1.94. The number of amides is 2. The molecule has 0 aliphatic carbocycles. The minimum absolute atomic E-state index is 0.121. The van der Waals surface area contributed by atoms with Gasteiger partial charge in [0.25, 0.3) is 11.8 Å². The summed E-state index contributed by atoms with van der Waals surface area (Å²) in [6.07, 6.45) is 0.383. The zero-order valence-electron chi connectivity index (χ0n) is 13.5. The Labute approximate surface area is 138 Å². The molecule has 3 rings (SSSR count). The van der Waals surface area contributed by atoms with E-state index in [9.17, 15) is 14.4 Å². The van der Waals surface area contributed by atoms with Gasteiger partial charge in [-0.25, -0.2) is 4.79 Å².